The van der Waals surface area contributed by atoms with Gasteiger partial charge in [0.15, 0.2) is 0 Å². The summed E-state index contributed by atoms with van der Waals surface area (Å²) < 4.78 is 3.07. The fourth-order valence-corrected chi connectivity index (χ4v) is 4.29. The third-order valence-electron chi connectivity index (χ3n) is 4.55. The van der Waals surface area contributed by atoms with Gasteiger partial charge >= 0.3 is 5.69 Å². The number of benzene rings is 1. The van der Waals surface area contributed by atoms with E-state index in [2.05, 4.69) is 0 Å². The van der Waals surface area contributed by atoms with Crippen LogP contribution in [0.15, 0.2) is 33.9 Å². The molecule has 1 aromatic carbocycles. The van der Waals surface area contributed by atoms with Gasteiger partial charge in [0.2, 0.25) is 0 Å². The van der Waals surface area contributed by atoms with E-state index in [0.29, 0.717) is 23.5 Å². The Morgan fingerprint density at radius 3 is 2.52 bits per heavy atom. The normalized spacial score (nSPS) is 11.4. The Morgan fingerprint density at radius 2 is 1.84 bits per heavy atom. The second kappa shape index (κ2) is 7.18. The molecule has 0 atom stereocenters. The number of thiophene rings is 1. The Kier molecular flexibility index (Phi) is 5.16. The van der Waals surface area contributed by atoms with Crippen LogP contribution in [0.3, 0.4) is 0 Å². The number of fused-ring (bicyclic) bond motifs is 1. The molecule has 0 aliphatic rings. The van der Waals surface area contributed by atoms with Crippen molar-refractivity contribution in [1.82, 2.24) is 9.13 Å². The van der Waals surface area contributed by atoms with Gasteiger partial charge in [0.1, 0.15) is 4.83 Å². The van der Waals surface area contributed by atoms with Gasteiger partial charge in [-0.3, -0.25) is 13.9 Å². The third kappa shape index (κ3) is 3.18. The lowest BCUT2D eigenvalue weighted by atomic mass is 10.2. The van der Waals surface area contributed by atoms with E-state index < -0.39 is 0 Å². The number of unbranched alkanes of at least 4 members (excludes halogenated alkanes) is 1. The standard InChI is InChI=1S/C19H21ClN2O2S/c1-4-5-10-21-17(23)16-12(2)13(3)25-18(16)22(19(21)24)11-14-8-6-7-9-15(14)20/h6-9H,4-5,10-11H2,1-3H3. The monoisotopic (exact) mass is 376 g/mol. The van der Waals surface area contributed by atoms with Crippen molar-refractivity contribution in [3.05, 3.63) is 66.1 Å². The number of hydrogen-bond acceptors (Lipinski definition) is 3. The van der Waals surface area contributed by atoms with E-state index in [9.17, 15) is 9.59 Å². The molecule has 0 saturated carbocycles. The summed E-state index contributed by atoms with van der Waals surface area (Å²) in [4.78, 5) is 27.7. The molecule has 3 rings (SSSR count). The smallest absolute Gasteiger partial charge is 0.280 e. The van der Waals surface area contributed by atoms with Crippen molar-refractivity contribution in [1.29, 1.82) is 0 Å². The van der Waals surface area contributed by atoms with E-state index in [1.54, 1.807) is 4.57 Å². The third-order valence-corrected chi connectivity index (χ3v) is 6.15. The fourth-order valence-electron chi connectivity index (χ4n) is 2.96. The summed E-state index contributed by atoms with van der Waals surface area (Å²) in [5, 5.41) is 1.28. The zero-order chi connectivity index (χ0) is 18.1. The van der Waals surface area contributed by atoms with E-state index in [0.717, 1.165) is 33.7 Å². The fraction of sp³-hybridized carbons (Fsp3) is 0.368. The molecule has 0 N–H and O–H groups in total. The summed E-state index contributed by atoms with van der Waals surface area (Å²) in [5.74, 6) is 0. The molecule has 3 aromatic rings. The van der Waals surface area contributed by atoms with Crippen LogP contribution in [0, 0.1) is 13.8 Å². The highest BCUT2D eigenvalue weighted by Gasteiger charge is 2.19. The van der Waals surface area contributed by atoms with Crippen molar-refractivity contribution in [3.8, 4) is 0 Å². The van der Waals surface area contributed by atoms with Crippen LogP contribution in [0.5, 0.6) is 0 Å². The van der Waals surface area contributed by atoms with Gasteiger partial charge in [-0.25, -0.2) is 4.79 Å². The van der Waals surface area contributed by atoms with Crippen LogP contribution in [0.25, 0.3) is 10.2 Å². The minimum atomic E-state index is -0.257. The molecule has 0 unspecified atom stereocenters. The van der Waals surface area contributed by atoms with Crippen molar-refractivity contribution < 1.29 is 0 Å². The van der Waals surface area contributed by atoms with Crippen LogP contribution >= 0.6 is 22.9 Å². The number of halogens is 1. The van der Waals surface area contributed by atoms with E-state index in [1.165, 1.54) is 15.9 Å². The van der Waals surface area contributed by atoms with E-state index in [4.69, 9.17) is 11.6 Å². The maximum absolute atomic E-state index is 13.0. The zero-order valence-corrected chi connectivity index (χ0v) is 16.2. The molecule has 0 amide bonds. The lowest BCUT2D eigenvalue weighted by Gasteiger charge is -2.13. The lowest BCUT2D eigenvalue weighted by Crippen LogP contribution is -2.40. The summed E-state index contributed by atoms with van der Waals surface area (Å²) in [7, 11) is 0. The SMILES string of the molecule is CCCCn1c(=O)c2c(C)c(C)sc2n(Cc2ccccc2Cl)c1=O. The molecule has 0 aliphatic carbocycles. The van der Waals surface area contributed by atoms with Crippen molar-refractivity contribution in [2.45, 2.75) is 46.7 Å². The van der Waals surface area contributed by atoms with E-state index in [-0.39, 0.29) is 11.2 Å². The molecule has 0 spiro atoms. The molecule has 0 bridgehead atoms. The highest BCUT2D eigenvalue weighted by atomic mass is 35.5. The Hall–Kier alpha value is -1.85. The van der Waals surface area contributed by atoms with E-state index in [1.807, 2.05) is 45.0 Å². The highest BCUT2D eigenvalue weighted by Crippen LogP contribution is 2.28. The van der Waals surface area contributed by atoms with Crippen molar-refractivity contribution >= 4 is 33.2 Å². The zero-order valence-electron chi connectivity index (χ0n) is 14.6. The molecular weight excluding hydrogens is 356 g/mol. The molecule has 25 heavy (non-hydrogen) atoms. The Labute approximate surface area is 155 Å². The number of rotatable bonds is 5. The van der Waals surface area contributed by atoms with Crippen LogP contribution in [0.2, 0.25) is 5.02 Å². The van der Waals surface area contributed by atoms with Gasteiger partial charge in [-0.05, 0) is 37.5 Å². The maximum atomic E-state index is 13.0. The maximum Gasteiger partial charge on any atom is 0.332 e. The average molecular weight is 377 g/mol. The quantitative estimate of drug-likeness (QED) is 0.664. The largest absolute Gasteiger partial charge is 0.332 e. The molecule has 6 heteroatoms. The molecule has 0 radical (unpaired) electrons. The molecule has 0 saturated heterocycles. The van der Waals surface area contributed by atoms with Gasteiger partial charge in [-0.1, -0.05) is 43.1 Å². The number of aromatic nitrogens is 2. The van der Waals surface area contributed by atoms with Crippen LogP contribution in [0.4, 0.5) is 0 Å². The minimum absolute atomic E-state index is 0.175. The summed E-state index contributed by atoms with van der Waals surface area (Å²) >= 11 is 7.79. The molecule has 0 fully saturated rings. The highest BCUT2D eigenvalue weighted by molar-refractivity contribution is 7.18. The molecule has 2 heterocycles. The van der Waals surface area contributed by atoms with Crippen molar-refractivity contribution in [2.24, 2.45) is 0 Å². The van der Waals surface area contributed by atoms with Gasteiger partial charge in [-0.15, -0.1) is 11.3 Å². The Balaban J connectivity index is 2.29. The summed E-state index contributed by atoms with van der Waals surface area (Å²) in [6.07, 6.45) is 1.73. The molecule has 4 nitrogen and oxygen atoms in total. The van der Waals surface area contributed by atoms with Gasteiger partial charge in [0.05, 0.1) is 11.9 Å². The lowest BCUT2D eigenvalue weighted by molar-refractivity contribution is 0.559. The van der Waals surface area contributed by atoms with Crippen LogP contribution in [-0.4, -0.2) is 9.13 Å². The van der Waals surface area contributed by atoms with Gasteiger partial charge in [-0.2, -0.15) is 0 Å². The first kappa shape index (κ1) is 18.0. The van der Waals surface area contributed by atoms with E-state index >= 15 is 0 Å². The number of hydrogen-bond donors (Lipinski definition) is 0. The molecule has 2 aromatic heterocycles. The molecule has 132 valence electrons. The summed E-state index contributed by atoms with van der Waals surface area (Å²) in [6.45, 7) is 6.79. The first-order valence-electron chi connectivity index (χ1n) is 8.42. The average Bonchev–Trinajstić information content (AvgIpc) is 2.88. The molecule has 0 aliphatic heterocycles. The summed E-state index contributed by atoms with van der Waals surface area (Å²) in [6, 6.07) is 7.50. The van der Waals surface area contributed by atoms with Crippen molar-refractivity contribution in [3.63, 3.8) is 0 Å². The van der Waals surface area contributed by atoms with Crippen LogP contribution in [0.1, 0.15) is 35.8 Å². The number of nitrogens with zero attached hydrogens (tertiary/aromatic N) is 2. The van der Waals surface area contributed by atoms with Crippen LogP contribution < -0.4 is 11.2 Å². The van der Waals surface area contributed by atoms with Gasteiger partial charge in [0.25, 0.3) is 5.56 Å². The molecular formula is C19H21ClN2O2S. The second-order valence-electron chi connectivity index (χ2n) is 6.23. The van der Waals surface area contributed by atoms with Crippen LogP contribution in [-0.2, 0) is 13.1 Å². The van der Waals surface area contributed by atoms with Crippen molar-refractivity contribution in [2.75, 3.05) is 0 Å². The summed E-state index contributed by atoms with van der Waals surface area (Å²) in [5.41, 5.74) is 1.40. The van der Waals surface area contributed by atoms with Gasteiger partial charge < -0.3 is 0 Å². The predicted octanol–water partition coefficient (Wildman–Crippen LogP) is 4.34. The predicted molar refractivity (Wildman–Crippen MR) is 105 cm³/mol. The first-order chi connectivity index (χ1) is 12.0. The topological polar surface area (TPSA) is 44.0 Å². The van der Waals surface area contributed by atoms with Gasteiger partial charge in [0, 0.05) is 16.4 Å². The minimum Gasteiger partial charge on any atom is -0.280 e. The second-order valence-corrected chi connectivity index (χ2v) is 7.84. The Bertz CT molecular complexity index is 1050. The Morgan fingerprint density at radius 1 is 1.12 bits per heavy atom. The first-order valence-corrected chi connectivity index (χ1v) is 9.61. The number of aryl methyl sites for hydroxylation is 2.